The predicted octanol–water partition coefficient (Wildman–Crippen LogP) is 4.25. The lowest BCUT2D eigenvalue weighted by molar-refractivity contribution is 0.306. The van der Waals surface area contributed by atoms with Crippen LogP contribution in [0.5, 0.6) is 0 Å². The van der Waals surface area contributed by atoms with E-state index in [2.05, 4.69) is 45.9 Å². The fourth-order valence-electron chi connectivity index (χ4n) is 2.41. The van der Waals surface area contributed by atoms with E-state index in [4.69, 9.17) is 4.74 Å². The normalized spacial score (nSPS) is 38.2. The molecule has 0 aromatic heterocycles. The number of ether oxygens (including phenoxy) is 1. The summed E-state index contributed by atoms with van der Waals surface area (Å²) in [4.78, 5) is 0. The molecule has 1 heterocycles. The van der Waals surface area contributed by atoms with Gasteiger partial charge < -0.3 is 4.74 Å². The predicted molar refractivity (Wildman–Crippen MR) is 68.4 cm³/mol. The molecule has 0 radical (unpaired) electrons. The Labute approximate surface area is 99.6 Å². The minimum absolute atomic E-state index is 0.136. The first-order chi connectivity index (χ1) is 7.41. The fraction of sp³-hybridized carbons (Fsp3) is 0.733. The van der Waals surface area contributed by atoms with E-state index in [-0.39, 0.29) is 11.0 Å². The number of hydrogen-bond donors (Lipinski definition) is 0. The Bertz CT molecular complexity index is 324. The second-order valence-electron chi connectivity index (χ2n) is 6.31. The smallest absolute Gasteiger partial charge is 0.0954 e. The van der Waals surface area contributed by atoms with Crippen LogP contribution < -0.4 is 0 Å². The molecule has 0 aromatic carbocycles. The SMILES string of the molecule is CC1=CCC(C)(C)C=CC[C@@]2(C)OC2CC1. The van der Waals surface area contributed by atoms with Crippen molar-refractivity contribution in [3.63, 3.8) is 0 Å². The summed E-state index contributed by atoms with van der Waals surface area (Å²) < 4.78 is 5.82. The summed E-state index contributed by atoms with van der Waals surface area (Å²) in [7, 11) is 0. The number of fused-ring (bicyclic) bond motifs is 1. The first kappa shape index (κ1) is 11.9. The van der Waals surface area contributed by atoms with Crippen LogP contribution in [-0.2, 0) is 4.74 Å². The largest absolute Gasteiger partial charge is 0.366 e. The summed E-state index contributed by atoms with van der Waals surface area (Å²) in [5, 5.41) is 0. The monoisotopic (exact) mass is 220 g/mol. The molecule has 1 heteroatoms. The van der Waals surface area contributed by atoms with Crippen molar-refractivity contribution in [1.82, 2.24) is 0 Å². The van der Waals surface area contributed by atoms with Crippen LogP contribution in [0.25, 0.3) is 0 Å². The highest BCUT2D eigenvalue weighted by Crippen LogP contribution is 2.43. The second kappa shape index (κ2) is 4.03. The number of epoxide rings is 1. The molecule has 2 atom stereocenters. The maximum Gasteiger partial charge on any atom is 0.0954 e. The topological polar surface area (TPSA) is 12.5 Å². The molecular formula is C15H24O. The fourth-order valence-corrected chi connectivity index (χ4v) is 2.41. The van der Waals surface area contributed by atoms with E-state index < -0.39 is 0 Å². The van der Waals surface area contributed by atoms with Crippen molar-refractivity contribution in [2.75, 3.05) is 0 Å². The van der Waals surface area contributed by atoms with Gasteiger partial charge in [-0.25, -0.2) is 0 Å². The van der Waals surface area contributed by atoms with E-state index in [0.717, 1.165) is 12.8 Å². The van der Waals surface area contributed by atoms with Crippen molar-refractivity contribution < 1.29 is 4.74 Å². The van der Waals surface area contributed by atoms with Gasteiger partial charge in [-0.1, -0.05) is 37.6 Å². The number of allylic oxidation sites excluding steroid dienone is 3. The highest BCUT2D eigenvalue weighted by atomic mass is 16.6. The van der Waals surface area contributed by atoms with Crippen molar-refractivity contribution >= 4 is 0 Å². The Morgan fingerprint density at radius 3 is 2.75 bits per heavy atom. The molecule has 2 aliphatic rings. The van der Waals surface area contributed by atoms with Gasteiger partial charge in [0.1, 0.15) is 0 Å². The third-order valence-corrected chi connectivity index (χ3v) is 3.91. The Balaban J connectivity index is 2.11. The van der Waals surface area contributed by atoms with Gasteiger partial charge in [-0.2, -0.15) is 0 Å². The number of rotatable bonds is 0. The molecule has 90 valence electrons. The minimum Gasteiger partial charge on any atom is -0.366 e. The first-order valence-corrected chi connectivity index (χ1v) is 6.42. The summed E-state index contributed by atoms with van der Waals surface area (Å²) in [5.41, 5.74) is 1.94. The van der Waals surface area contributed by atoms with Gasteiger partial charge in [0.05, 0.1) is 11.7 Å². The summed E-state index contributed by atoms with van der Waals surface area (Å²) in [6.07, 6.45) is 12.2. The lowest BCUT2D eigenvalue weighted by Crippen LogP contribution is -2.09. The van der Waals surface area contributed by atoms with Crippen molar-refractivity contribution in [1.29, 1.82) is 0 Å². The lowest BCUT2D eigenvalue weighted by atomic mass is 9.87. The maximum atomic E-state index is 5.82. The van der Waals surface area contributed by atoms with Crippen LogP contribution in [0.1, 0.15) is 53.4 Å². The quantitative estimate of drug-likeness (QED) is 0.439. The van der Waals surface area contributed by atoms with Crippen molar-refractivity contribution in [3.05, 3.63) is 23.8 Å². The third kappa shape index (κ3) is 2.76. The summed E-state index contributed by atoms with van der Waals surface area (Å²) >= 11 is 0. The molecule has 1 unspecified atom stereocenters. The van der Waals surface area contributed by atoms with Crippen molar-refractivity contribution in [2.24, 2.45) is 5.41 Å². The minimum atomic E-state index is 0.136. The molecule has 1 aliphatic carbocycles. The molecule has 0 N–H and O–H groups in total. The Hall–Kier alpha value is -0.560. The van der Waals surface area contributed by atoms with Crippen LogP contribution in [0.4, 0.5) is 0 Å². The Morgan fingerprint density at radius 2 is 2.00 bits per heavy atom. The van der Waals surface area contributed by atoms with E-state index in [1.165, 1.54) is 18.4 Å². The lowest BCUT2D eigenvalue weighted by Gasteiger charge is -2.18. The highest BCUT2D eigenvalue weighted by molar-refractivity contribution is 5.11. The van der Waals surface area contributed by atoms with Gasteiger partial charge in [0.15, 0.2) is 0 Å². The van der Waals surface area contributed by atoms with Crippen LogP contribution >= 0.6 is 0 Å². The first-order valence-electron chi connectivity index (χ1n) is 6.42. The molecule has 0 aromatic rings. The van der Waals surface area contributed by atoms with E-state index in [1.807, 2.05) is 0 Å². The zero-order valence-corrected chi connectivity index (χ0v) is 11.0. The summed E-state index contributed by atoms with van der Waals surface area (Å²) in [5.74, 6) is 0. The average molecular weight is 220 g/mol. The Kier molecular flexibility index (Phi) is 3.00. The summed E-state index contributed by atoms with van der Waals surface area (Å²) in [6.45, 7) is 9.10. The molecule has 0 saturated carbocycles. The molecular weight excluding hydrogens is 196 g/mol. The van der Waals surface area contributed by atoms with E-state index >= 15 is 0 Å². The zero-order chi connectivity index (χ0) is 11.8. The molecule has 2 rings (SSSR count). The van der Waals surface area contributed by atoms with Crippen molar-refractivity contribution in [3.8, 4) is 0 Å². The molecule has 0 bridgehead atoms. The van der Waals surface area contributed by atoms with Gasteiger partial charge in [-0.05, 0) is 44.9 Å². The van der Waals surface area contributed by atoms with Gasteiger partial charge >= 0.3 is 0 Å². The van der Waals surface area contributed by atoms with E-state index in [1.54, 1.807) is 0 Å². The van der Waals surface area contributed by atoms with Gasteiger partial charge in [-0.15, -0.1) is 0 Å². The van der Waals surface area contributed by atoms with Crippen LogP contribution in [0.2, 0.25) is 0 Å². The highest BCUT2D eigenvalue weighted by Gasteiger charge is 2.50. The number of hydrogen-bond acceptors (Lipinski definition) is 1. The van der Waals surface area contributed by atoms with Crippen LogP contribution in [-0.4, -0.2) is 11.7 Å². The summed E-state index contributed by atoms with van der Waals surface area (Å²) in [6, 6.07) is 0. The standard InChI is InChI=1S/C15H24O/c1-12-6-7-13-15(4,16-13)10-5-9-14(2,3)11-8-12/h5,8-9,13H,6-7,10-11H2,1-4H3/t13?,15-/m1/s1. The molecule has 1 fully saturated rings. The average Bonchev–Trinajstić information content (AvgIpc) is 2.82. The second-order valence-corrected chi connectivity index (χ2v) is 6.31. The molecule has 16 heavy (non-hydrogen) atoms. The molecule has 1 aliphatic heterocycles. The van der Waals surface area contributed by atoms with Gasteiger partial charge in [-0.3, -0.25) is 0 Å². The van der Waals surface area contributed by atoms with Gasteiger partial charge in [0.25, 0.3) is 0 Å². The van der Waals surface area contributed by atoms with Crippen LogP contribution in [0, 0.1) is 5.41 Å². The maximum absolute atomic E-state index is 5.82. The molecule has 0 spiro atoms. The molecule has 1 saturated heterocycles. The Morgan fingerprint density at radius 1 is 1.25 bits per heavy atom. The van der Waals surface area contributed by atoms with Crippen LogP contribution in [0.3, 0.4) is 0 Å². The third-order valence-electron chi connectivity index (χ3n) is 3.91. The van der Waals surface area contributed by atoms with Crippen molar-refractivity contribution in [2.45, 2.75) is 65.1 Å². The van der Waals surface area contributed by atoms with E-state index in [0.29, 0.717) is 6.10 Å². The van der Waals surface area contributed by atoms with Crippen LogP contribution in [0.15, 0.2) is 23.8 Å². The molecule has 0 amide bonds. The molecule has 1 nitrogen and oxygen atoms in total. The van der Waals surface area contributed by atoms with Gasteiger partial charge in [0, 0.05) is 0 Å². The van der Waals surface area contributed by atoms with Gasteiger partial charge in [0.2, 0.25) is 0 Å². The van der Waals surface area contributed by atoms with E-state index in [9.17, 15) is 0 Å². The zero-order valence-electron chi connectivity index (χ0n) is 11.0.